The molecule has 1 atom stereocenters. The van der Waals surface area contributed by atoms with E-state index in [1.165, 1.54) is 10.7 Å². The highest BCUT2D eigenvalue weighted by Crippen LogP contribution is 2.35. The molecule has 0 radical (unpaired) electrons. The topological polar surface area (TPSA) is 81.9 Å². The Morgan fingerprint density at radius 3 is 2.92 bits per heavy atom. The fraction of sp³-hybridized carbons (Fsp3) is 0.412. The molecule has 8 heteroatoms. The summed E-state index contributed by atoms with van der Waals surface area (Å²) in [6, 6.07) is 5.50. The summed E-state index contributed by atoms with van der Waals surface area (Å²) in [7, 11) is 0. The number of allylic oxidation sites excluding steroid dienone is 1. The third-order valence-electron chi connectivity index (χ3n) is 4.11. The number of tetrazole rings is 1. The summed E-state index contributed by atoms with van der Waals surface area (Å²) >= 11 is 0. The van der Waals surface area contributed by atoms with E-state index in [1.54, 1.807) is 25.1 Å². The van der Waals surface area contributed by atoms with Crippen molar-refractivity contribution in [3.63, 3.8) is 0 Å². The Balaban J connectivity index is 1.96. The Bertz CT molecular complexity index is 802. The van der Waals surface area contributed by atoms with E-state index in [-0.39, 0.29) is 0 Å². The molecule has 1 aromatic heterocycles. The number of nitrogens with one attached hydrogen (secondary N) is 1. The zero-order valence-electron chi connectivity index (χ0n) is 14.2. The molecule has 132 valence electrons. The van der Waals surface area contributed by atoms with Crippen molar-refractivity contribution in [3.8, 4) is 0 Å². The van der Waals surface area contributed by atoms with Crippen LogP contribution in [-0.4, -0.2) is 32.8 Å². The minimum Gasteiger partial charge on any atom is -0.462 e. The molecule has 7 nitrogen and oxygen atoms in total. The first-order valence-electron chi connectivity index (χ1n) is 8.30. The molecule has 0 bridgehead atoms. The van der Waals surface area contributed by atoms with Gasteiger partial charge in [-0.05, 0) is 29.8 Å². The number of carbonyl (C=O) groups is 1. The summed E-state index contributed by atoms with van der Waals surface area (Å²) in [6.07, 6.45) is 2.81. The van der Waals surface area contributed by atoms with Crippen molar-refractivity contribution in [1.82, 2.24) is 20.2 Å². The fourth-order valence-corrected chi connectivity index (χ4v) is 2.86. The predicted octanol–water partition coefficient (Wildman–Crippen LogP) is 2.83. The van der Waals surface area contributed by atoms with Crippen LogP contribution in [0.4, 0.5) is 10.3 Å². The van der Waals surface area contributed by atoms with Gasteiger partial charge in [-0.25, -0.2) is 9.18 Å². The van der Waals surface area contributed by atoms with Crippen LogP contribution in [0.1, 0.15) is 44.7 Å². The van der Waals surface area contributed by atoms with Crippen LogP contribution in [0.5, 0.6) is 0 Å². The smallest absolute Gasteiger partial charge is 0.338 e. The molecule has 0 amide bonds. The molecule has 2 heterocycles. The molecule has 25 heavy (non-hydrogen) atoms. The van der Waals surface area contributed by atoms with Gasteiger partial charge in [0.15, 0.2) is 0 Å². The zero-order chi connectivity index (χ0) is 17.8. The number of hydrogen-bond acceptors (Lipinski definition) is 6. The summed E-state index contributed by atoms with van der Waals surface area (Å²) in [4.78, 5) is 12.7. The molecule has 0 spiro atoms. The molecule has 1 N–H and O–H groups in total. The summed E-state index contributed by atoms with van der Waals surface area (Å²) in [5.41, 5.74) is 1.18. The number of fused-ring (bicyclic) bond motifs is 1. The minimum atomic E-state index is -0.772. The molecular formula is C17H20FN5O2. The Morgan fingerprint density at radius 1 is 1.36 bits per heavy atom. The fourth-order valence-electron chi connectivity index (χ4n) is 2.86. The number of benzene rings is 1. The van der Waals surface area contributed by atoms with Crippen LogP contribution in [0.25, 0.3) is 0 Å². The van der Waals surface area contributed by atoms with E-state index in [2.05, 4.69) is 27.8 Å². The monoisotopic (exact) mass is 345 g/mol. The van der Waals surface area contributed by atoms with Gasteiger partial charge in [-0.2, -0.15) is 4.68 Å². The van der Waals surface area contributed by atoms with Crippen molar-refractivity contribution < 1.29 is 13.9 Å². The van der Waals surface area contributed by atoms with Crippen LogP contribution in [0.3, 0.4) is 0 Å². The number of nitrogens with zero attached hydrogens (tertiary/aromatic N) is 4. The standard InChI is InChI=1S/C17H20FN5O2/c1-3-4-7-10-25-16(24)14-11(2)19-17-20-21-22-23(17)15(14)12-8-5-6-9-13(12)18/h5-6,8-9,15H,3-4,7,10H2,1-2H3,(H,19,20,22). The maximum Gasteiger partial charge on any atom is 0.338 e. The van der Waals surface area contributed by atoms with Crippen molar-refractivity contribution in [2.45, 2.75) is 39.2 Å². The first-order chi connectivity index (χ1) is 12.1. The number of aromatic nitrogens is 4. The lowest BCUT2D eigenvalue weighted by Gasteiger charge is -2.27. The van der Waals surface area contributed by atoms with E-state index >= 15 is 0 Å². The summed E-state index contributed by atoms with van der Waals surface area (Å²) in [5.74, 6) is -0.566. The molecule has 1 aliphatic rings. The lowest BCUT2D eigenvalue weighted by atomic mass is 9.95. The van der Waals surface area contributed by atoms with Crippen LogP contribution in [0.2, 0.25) is 0 Å². The summed E-state index contributed by atoms with van der Waals surface area (Å²) in [6.45, 7) is 4.14. The average Bonchev–Trinajstić information content (AvgIpc) is 3.06. The van der Waals surface area contributed by atoms with Crippen molar-refractivity contribution in [2.75, 3.05) is 11.9 Å². The van der Waals surface area contributed by atoms with E-state index in [0.29, 0.717) is 29.4 Å². The van der Waals surface area contributed by atoms with Gasteiger partial charge < -0.3 is 10.1 Å². The van der Waals surface area contributed by atoms with Gasteiger partial charge in [0.05, 0.1) is 12.2 Å². The van der Waals surface area contributed by atoms with Crippen LogP contribution in [0.15, 0.2) is 35.5 Å². The second-order valence-electron chi connectivity index (χ2n) is 5.88. The Hall–Kier alpha value is -2.77. The normalized spacial score (nSPS) is 16.4. The Kier molecular flexibility index (Phi) is 5.06. The maximum absolute atomic E-state index is 14.4. The molecule has 1 aromatic carbocycles. The van der Waals surface area contributed by atoms with Gasteiger partial charge in [0.25, 0.3) is 0 Å². The highest BCUT2D eigenvalue weighted by Gasteiger charge is 2.36. The lowest BCUT2D eigenvalue weighted by Crippen LogP contribution is -2.30. The quantitative estimate of drug-likeness (QED) is 0.640. The third kappa shape index (κ3) is 3.38. The highest BCUT2D eigenvalue weighted by atomic mass is 19.1. The van der Waals surface area contributed by atoms with Crippen LogP contribution in [-0.2, 0) is 9.53 Å². The molecule has 3 rings (SSSR count). The van der Waals surface area contributed by atoms with Crippen molar-refractivity contribution in [3.05, 3.63) is 46.9 Å². The Labute approximate surface area is 144 Å². The Morgan fingerprint density at radius 2 is 2.16 bits per heavy atom. The second-order valence-corrected chi connectivity index (χ2v) is 5.88. The summed E-state index contributed by atoms with van der Waals surface area (Å²) in [5, 5.41) is 14.4. The number of carbonyl (C=O) groups excluding carboxylic acids is 1. The van der Waals surface area contributed by atoms with E-state index in [0.717, 1.165) is 19.3 Å². The molecule has 0 saturated carbocycles. The zero-order valence-corrected chi connectivity index (χ0v) is 14.2. The molecular weight excluding hydrogens is 325 g/mol. The minimum absolute atomic E-state index is 0.307. The molecule has 1 unspecified atom stereocenters. The number of ether oxygens (including phenoxy) is 1. The van der Waals surface area contributed by atoms with Gasteiger partial charge in [-0.15, -0.1) is 0 Å². The van der Waals surface area contributed by atoms with Crippen molar-refractivity contribution >= 4 is 11.9 Å². The van der Waals surface area contributed by atoms with Gasteiger partial charge >= 0.3 is 5.97 Å². The highest BCUT2D eigenvalue weighted by molar-refractivity contribution is 5.92. The summed E-state index contributed by atoms with van der Waals surface area (Å²) < 4.78 is 21.2. The average molecular weight is 345 g/mol. The van der Waals surface area contributed by atoms with Crippen molar-refractivity contribution in [2.24, 2.45) is 0 Å². The number of halogens is 1. The first kappa shape index (κ1) is 17.1. The van der Waals surface area contributed by atoms with Gasteiger partial charge in [0.1, 0.15) is 11.9 Å². The van der Waals surface area contributed by atoms with Crippen molar-refractivity contribution in [1.29, 1.82) is 0 Å². The SMILES string of the molecule is CCCCCOC(=O)C1=C(C)Nc2nnnn2C1c1ccccc1F. The van der Waals surface area contributed by atoms with E-state index in [4.69, 9.17) is 4.74 Å². The molecule has 0 aliphatic carbocycles. The predicted molar refractivity (Wildman–Crippen MR) is 89.2 cm³/mol. The maximum atomic E-state index is 14.4. The lowest BCUT2D eigenvalue weighted by molar-refractivity contribution is -0.139. The van der Waals surface area contributed by atoms with E-state index < -0.39 is 17.8 Å². The number of unbranched alkanes of at least 4 members (excludes halogenated alkanes) is 2. The van der Waals surface area contributed by atoms with Crippen LogP contribution in [0, 0.1) is 5.82 Å². The van der Waals surface area contributed by atoms with Crippen LogP contribution >= 0.6 is 0 Å². The molecule has 0 saturated heterocycles. The molecule has 0 fully saturated rings. The first-order valence-corrected chi connectivity index (χ1v) is 8.30. The van der Waals surface area contributed by atoms with Gasteiger partial charge in [-0.1, -0.05) is 43.1 Å². The number of anilines is 1. The molecule has 2 aromatic rings. The van der Waals surface area contributed by atoms with E-state index in [1.807, 2.05) is 0 Å². The van der Waals surface area contributed by atoms with Gasteiger partial charge in [0, 0.05) is 11.3 Å². The number of esters is 1. The third-order valence-corrected chi connectivity index (χ3v) is 4.11. The van der Waals surface area contributed by atoms with Crippen LogP contribution < -0.4 is 5.32 Å². The molecule has 1 aliphatic heterocycles. The number of hydrogen-bond donors (Lipinski definition) is 1. The second kappa shape index (κ2) is 7.42. The van der Waals surface area contributed by atoms with Gasteiger partial charge in [-0.3, -0.25) is 0 Å². The largest absolute Gasteiger partial charge is 0.462 e. The van der Waals surface area contributed by atoms with E-state index in [9.17, 15) is 9.18 Å². The number of rotatable bonds is 6. The van der Waals surface area contributed by atoms with Gasteiger partial charge in [0.2, 0.25) is 5.95 Å².